The second kappa shape index (κ2) is 11.1. The van der Waals surface area contributed by atoms with Crippen molar-refractivity contribution in [2.75, 3.05) is 0 Å². The molecule has 0 heterocycles. The van der Waals surface area contributed by atoms with Gasteiger partial charge in [-0.25, -0.2) is 11.3 Å². The first kappa shape index (κ1) is 22.7. The summed E-state index contributed by atoms with van der Waals surface area (Å²) in [6.45, 7) is 18.9. The predicted molar refractivity (Wildman–Crippen MR) is 98.6 cm³/mol. The second-order valence-electron chi connectivity index (χ2n) is 6.54. The molecule has 0 N–H and O–H groups in total. The Morgan fingerprint density at radius 3 is 1.58 bits per heavy atom. The quantitative estimate of drug-likeness (QED) is 0.482. The summed E-state index contributed by atoms with van der Waals surface area (Å²) in [5.74, 6) is 0. The number of rotatable bonds is 2. The van der Waals surface area contributed by atoms with Gasteiger partial charge in [0, 0.05) is 25.7 Å². The van der Waals surface area contributed by atoms with E-state index in [1.807, 2.05) is 0 Å². The molecule has 1 aromatic carbocycles. The summed E-state index contributed by atoms with van der Waals surface area (Å²) in [7, 11) is 8.48. The van der Waals surface area contributed by atoms with E-state index in [0.29, 0.717) is 0 Å². The van der Waals surface area contributed by atoms with Gasteiger partial charge < -0.3 is 0 Å². The van der Waals surface area contributed by atoms with Crippen LogP contribution < -0.4 is 10.4 Å². The second-order valence-corrected chi connectivity index (χ2v) is 21.6. The van der Waals surface area contributed by atoms with Crippen LogP contribution in [0, 0.1) is 0 Å². The standard InChI is InChI=1S/C11H21Si2.C2H7Si.2ClH.Zr/c1-12(2,3)10-7-8-11(9-10)13(4,5)6;1-3-2;;;/h7-9H,1-6H3;3H,1-2H3;2*1H;/q-1;;;;+2/p-2. The molecule has 0 fully saturated rings. The van der Waals surface area contributed by atoms with Crippen LogP contribution in [0.3, 0.4) is 0 Å². The fourth-order valence-electron chi connectivity index (χ4n) is 1.38. The van der Waals surface area contributed by atoms with Gasteiger partial charge >= 0.3 is 37.9 Å². The van der Waals surface area contributed by atoms with E-state index in [9.17, 15) is 0 Å². The third kappa shape index (κ3) is 11.8. The van der Waals surface area contributed by atoms with Crippen molar-refractivity contribution in [3.63, 3.8) is 0 Å². The number of hydrogen-bond donors (Lipinski definition) is 0. The summed E-state index contributed by atoms with van der Waals surface area (Å²) < 4.78 is 0. The SMILES string of the molecule is C[SiH]C.C[Si](C)(C)c1cc[c-]([Si](C)(C)C)c1.[Cl][Zr][Cl]. The van der Waals surface area contributed by atoms with Gasteiger partial charge in [0.15, 0.2) is 0 Å². The first-order chi connectivity index (χ1) is 8.54. The van der Waals surface area contributed by atoms with Gasteiger partial charge in [-0.2, -0.15) is 17.3 Å². The van der Waals surface area contributed by atoms with Gasteiger partial charge in [-0.1, -0.05) is 52.4 Å². The van der Waals surface area contributed by atoms with Crippen molar-refractivity contribution < 1.29 is 20.8 Å². The van der Waals surface area contributed by atoms with Gasteiger partial charge in [0.2, 0.25) is 0 Å². The molecule has 0 saturated carbocycles. The molecule has 0 bridgehead atoms. The average molecular weight is 431 g/mol. The third-order valence-electron chi connectivity index (χ3n) is 2.49. The van der Waals surface area contributed by atoms with E-state index >= 15 is 0 Å². The molecule has 0 spiro atoms. The molecule has 1 radical (unpaired) electrons. The first-order valence-electron chi connectivity index (χ1n) is 6.52. The van der Waals surface area contributed by atoms with Crippen LogP contribution in [0.25, 0.3) is 0 Å². The van der Waals surface area contributed by atoms with Crippen molar-refractivity contribution in [1.29, 1.82) is 0 Å². The summed E-state index contributed by atoms with van der Waals surface area (Å²) in [6, 6.07) is 7.15. The normalized spacial score (nSPS) is 10.8. The molecule has 0 unspecified atom stereocenters. The molecule has 111 valence electrons. The third-order valence-corrected chi connectivity index (χ3v) is 6.57. The maximum atomic E-state index is 4.93. The van der Waals surface area contributed by atoms with Crippen molar-refractivity contribution >= 4 is 53.1 Å². The zero-order valence-corrected chi connectivity index (χ0v) is 20.7. The Balaban J connectivity index is 0. The fraction of sp³-hybridized carbons (Fsp3) is 0.615. The van der Waals surface area contributed by atoms with Gasteiger partial charge in [0.05, 0.1) is 0 Å². The van der Waals surface area contributed by atoms with E-state index in [2.05, 4.69) is 70.6 Å². The molecule has 0 aliphatic carbocycles. The Labute approximate surface area is 143 Å². The van der Waals surface area contributed by atoms with Gasteiger partial charge in [0.1, 0.15) is 0 Å². The van der Waals surface area contributed by atoms with Gasteiger partial charge in [-0.3, -0.25) is 0 Å². The molecule has 0 aliphatic rings. The van der Waals surface area contributed by atoms with E-state index in [1.54, 1.807) is 10.4 Å². The van der Waals surface area contributed by atoms with E-state index < -0.39 is 37.0 Å². The predicted octanol–water partition coefficient (Wildman–Crippen LogP) is 4.39. The molecule has 0 nitrogen and oxygen atoms in total. The summed E-state index contributed by atoms with van der Waals surface area (Å²) in [6.07, 6.45) is 0. The van der Waals surface area contributed by atoms with Crippen molar-refractivity contribution in [1.82, 2.24) is 0 Å². The Bertz CT molecular complexity index is 297. The zero-order valence-electron chi connectivity index (χ0n) is 13.6. The number of hydrogen-bond acceptors (Lipinski definition) is 0. The van der Waals surface area contributed by atoms with Crippen LogP contribution in [-0.4, -0.2) is 25.7 Å². The molecule has 1 aromatic rings. The maximum absolute atomic E-state index is 4.93. The molecule has 1 rings (SSSR count). The summed E-state index contributed by atoms with van der Waals surface area (Å²) >= 11 is -0.826. The summed E-state index contributed by atoms with van der Waals surface area (Å²) in [4.78, 5) is 0. The first-order valence-corrected chi connectivity index (χ1v) is 22.2. The van der Waals surface area contributed by atoms with E-state index in [-0.39, 0.29) is 0 Å². The van der Waals surface area contributed by atoms with Gasteiger partial charge in [-0.05, 0) is 0 Å². The average Bonchev–Trinajstić information content (AvgIpc) is 2.66. The summed E-state index contributed by atoms with van der Waals surface area (Å²) in [5, 5.41) is 3.23. The molecule has 0 aliphatic heterocycles. The van der Waals surface area contributed by atoms with Crippen LogP contribution in [0.5, 0.6) is 0 Å². The van der Waals surface area contributed by atoms with Crippen molar-refractivity contribution in [2.45, 2.75) is 52.4 Å². The van der Waals surface area contributed by atoms with E-state index in [1.165, 1.54) is 0 Å². The monoisotopic (exact) mass is 428 g/mol. The molecule has 0 aromatic heterocycles. The Morgan fingerprint density at radius 2 is 1.42 bits per heavy atom. The van der Waals surface area contributed by atoms with Crippen LogP contribution in [0.2, 0.25) is 52.4 Å². The van der Waals surface area contributed by atoms with Crippen molar-refractivity contribution in [3.05, 3.63) is 18.2 Å². The van der Waals surface area contributed by atoms with Crippen LogP contribution >= 0.6 is 17.0 Å². The molecule has 6 heteroatoms. The van der Waals surface area contributed by atoms with Crippen LogP contribution in [-0.2, 0) is 20.8 Å². The topological polar surface area (TPSA) is 0 Å². The molecule has 19 heavy (non-hydrogen) atoms. The van der Waals surface area contributed by atoms with Gasteiger partial charge in [0.25, 0.3) is 0 Å². The van der Waals surface area contributed by atoms with Crippen molar-refractivity contribution in [2.24, 2.45) is 0 Å². The number of halogens is 2. The van der Waals surface area contributed by atoms with E-state index in [0.717, 1.165) is 9.52 Å². The van der Waals surface area contributed by atoms with Crippen LogP contribution in [0.1, 0.15) is 0 Å². The Hall–Kier alpha value is 1.46. The zero-order chi connectivity index (χ0) is 15.7. The van der Waals surface area contributed by atoms with Crippen LogP contribution in [0.4, 0.5) is 0 Å². The van der Waals surface area contributed by atoms with Crippen molar-refractivity contribution in [3.8, 4) is 0 Å². The minimum atomic E-state index is -1.07. The van der Waals surface area contributed by atoms with E-state index in [4.69, 9.17) is 17.0 Å². The Morgan fingerprint density at radius 1 is 1.05 bits per heavy atom. The molecule has 0 atom stereocenters. The molecule has 0 saturated heterocycles. The fourth-order valence-corrected chi connectivity index (χ4v) is 3.86. The van der Waals surface area contributed by atoms with Crippen LogP contribution in [0.15, 0.2) is 18.2 Å². The minimum absolute atomic E-state index is 0.750. The van der Waals surface area contributed by atoms with Gasteiger partial charge in [-0.15, -0.1) is 0 Å². The molecular weight excluding hydrogens is 403 g/mol. The Kier molecular flexibility index (Phi) is 13.3. The molecular formula is C13H28Cl2Si3Zr-. The summed E-state index contributed by atoms with van der Waals surface area (Å²) in [5.41, 5.74) is 0. The molecule has 0 amide bonds.